The van der Waals surface area contributed by atoms with E-state index < -0.39 is 18.4 Å². The fraction of sp³-hybridized carbons (Fsp3) is 0.875. The van der Waals surface area contributed by atoms with Gasteiger partial charge in [-0.05, 0) is 18.9 Å². The van der Waals surface area contributed by atoms with Crippen LogP contribution in [0.2, 0.25) is 0 Å². The monoisotopic (exact) mass is 193 g/mol. The van der Waals surface area contributed by atoms with Crippen LogP contribution in [0, 0.1) is 5.92 Å². The van der Waals surface area contributed by atoms with Crippen molar-refractivity contribution in [3.8, 4) is 0 Å². The van der Waals surface area contributed by atoms with Crippen molar-refractivity contribution >= 4 is 5.97 Å². The van der Waals surface area contributed by atoms with Crippen LogP contribution in [0.5, 0.6) is 0 Å². The predicted molar refractivity (Wildman–Crippen MR) is 42.8 cm³/mol. The molecule has 1 aliphatic heterocycles. The summed E-state index contributed by atoms with van der Waals surface area (Å²) < 4.78 is 25.4. The number of likely N-dealkylation sites (tertiary alicyclic amines) is 1. The van der Waals surface area contributed by atoms with E-state index in [1.807, 2.05) is 6.92 Å². The van der Waals surface area contributed by atoms with Crippen molar-refractivity contribution in [2.75, 3.05) is 19.6 Å². The Labute approximate surface area is 75.3 Å². The molecule has 76 valence electrons. The third-order valence-corrected chi connectivity index (χ3v) is 2.24. The molecule has 5 heteroatoms. The highest BCUT2D eigenvalue weighted by atomic mass is 19.3. The van der Waals surface area contributed by atoms with Crippen LogP contribution in [0.1, 0.15) is 13.3 Å². The molecule has 0 bridgehead atoms. The third-order valence-electron chi connectivity index (χ3n) is 2.24. The quantitative estimate of drug-likeness (QED) is 0.728. The molecule has 1 aliphatic rings. The number of alkyl halides is 2. The van der Waals surface area contributed by atoms with E-state index in [4.69, 9.17) is 5.11 Å². The summed E-state index contributed by atoms with van der Waals surface area (Å²) in [5.74, 6) is -5.25. The molecular weight excluding hydrogens is 180 g/mol. The van der Waals surface area contributed by atoms with Gasteiger partial charge < -0.3 is 5.11 Å². The Morgan fingerprint density at radius 2 is 2.31 bits per heavy atom. The summed E-state index contributed by atoms with van der Waals surface area (Å²) in [7, 11) is 0. The zero-order chi connectivity index (χ0) is 10.1. The molecule has 1 unspecified atom stereocenters. The second-order valence-electron chi connectivity index (χ2n) is 3.64. The lowest BCUT2D eigenvalue weighted by Crippen LogP contribution is -2.41. The molecule has 0 aliphatic carbocycles. The maximum Gasteiger partial charge on any atom is 0.375 e. The summed E-state index contributed by atoms with van der Waals surface area (Å²) in [5.41, 5.74) is 0. The van der Waals surface area contributed by atoms with E-state index in [2.05, 4.69) is 0 Å². The Kier molecular flexibility index (Phi) is 2.85. The smallest absolute Gasteiger partial charge is 0.375 e. The average Bonchev–Trinajstić information content (AvgIpc) is 2.34. The zero-order valence-corrected chi connectivity index (χ0v) is 7.46. The molecule has 1 fully saturated rings. The first-order valence-electron chi connectivity index (χ1n) is 4.25. The summed E-state index contributed by atoms with van der Waals surface area (Å²) in [4.78, 5) is 11.6. The van der Waals surface area contributed by atoms with Crippen LogP contribution in [0.4, 0.5) is 8.78 Å². The van der Waals surface area contributed by atoms with Crippen molar-refractivity contribution in [3.05, 3.63) is 0 Å². The summed E-state index contributed by atoms with van der Waals surface area (Å²) in [6.45, 7) is 2.46. The van der Waals surface area contributed by atoms with Crippen LogP contribution in [0.3, 0.4) is 0 Å². The highest BCUT2D eigenvalue weighted by Crippen LogP contribution is 2.21. The number of hydrogen-bond donors (Lipinski definition) is 1. The van der Waals surface area contributed by atoms with Gasteiger partial charge in [-0.3, -0.25) is 4.90 Å². The maximum absolute atomic E-state index is 12.7. The van der Waals surface area contributed by atoms with Crippen LogP contribution in [0.15, 0.2) is 0 Å². The summed E-state index contributed by atoms with van der Waals surface area (Å²) in [5, 5.41) is 8.19. The Hall–Kier alpha value is -0.710. The standard InChI is InChI=1S/C8H13F2NO2/c1-6-2-3-11(4-6)5-8(9,10)7(12)13/h6H,2-5H2,1H3,(H,12,13). The lowest BCUT2D eigenvalue weighted by molar-refractivity contribution is -0.167. The molecule has 0 saturated carbocycles. The van der Waals surface area contributed by atoms with E-state index in [-0.39, 0.29) is 0 Å². The molecule has 1 rings (SSSR count). The van der Waals surface area contributed by atoms with Gasteiger partial charge in [0.25, 0.3) is 0 Å². The van der Waals surface area contributed by atoms with Gasteiger partial charge in [-0.25, -0.2) is 4.79 Å². The van der Waals surface area contributed by atoms with Crippen LogP contribution < -0.4 is 0 Å². The maximum atomic E-state index is 12.7. The van der Waals surface area contributed by atoms with Gasteiger partial charge in [0.15, 0.2) is 0 Å². The molecule has 13 heavy (non-hydrogen) atoms. The Morgan fingerprint density at radius 1 is 1.69 bits per heavy atom. The van der Waals surface area contributed by atoms with Crippen LogP contribution in [-0.2, 0) is 4.79 Å². The first-order chi connectivity index (χ1) is 5.92. The largest absolute Gasteiger partial charge is 0.477 e. The molecule has 1 N–H and O–H groups in total. The number of hydrogen-bond acceptors (Lipinski definition) is 2. The lowest BCUT2D eigenvalue weighted by Gasteiger charge is -2.19. The third kappa shape index (κ3) is 2.62. The van der Waals surface area contributed by atoms with E-state index in [1.54, 1.807) is 0 Å². The van der Waals surface area contributed by atoms with Crippen LogP contribution >= 0.6 is 0 Å². The molecule has 1 atom stereocenters. The first kappa shape index (κ1) is 10.4. The van der Waals surface area contributed by atoms with Gasteiger partial charge >= 0.3 is 11.9 Å². The van der Waals surface area contributed by atoms with Gasteiger partial charge in [0, 0.05) is 6.54 Å². The number of carbonyl (C=O) groups is 1. The minimum atomic E-state index is -3.61. The van der Waals surface area contributed by atoms with Gasteiger partial charge in [-0.15, -0.1) is 0 Å². The van der Waals surface area contributed by atoms with E-state index in [0.29, 0.717) is 19.0 Å². The SMILES string of the molecule is CC1CCN(CC(F)(F)C(=O)O)C1. The van der Waals surface area contributed by atoms with Gasteiger partial charge in [0.1, 0.15) is 0 Å². The minimum Gasteiger partial charge on any atom is -0.477 e. The molecule has 0 aromatic rings. The fourth-order valence-electron chi connectivity index (χ4n) is 1.52. The highest BCUT2D eigenvalue weighted by Gasteiger charge is 2.41. The molecule has 0 amide bonds. The molecule has 1 saturated heterocycles. The fourth-order valence-corrected chi connectivity index (χ4v) is 1.52. The van der Waals surface area contributed by atoms with Crippen molar-refractivity contribution in [1.29, 1.82) is 0 Å². The van der Waals surface area contributed by atoms with Crippen LogP contribution in [0.25, 0.3) is 0 Å². The van der Waals surface area contributed by atoms with Gasteiger partial charge in [-0.2, -0.15) is 8.78 Å². The predicted octanol–water partition coefficient (Wildman–Crippen LogP) is 1.05. The molecule has 3 nitrogen and oxygen atoms in total. The van der Waals surface area contributed by atoms with Crippen molar-refractivity contribution < 1.29 is 18.7 Å². The van der Waals surface area contributed by atoms with Crippen molar-refractivity contribution in [2.24, 2.45) is 5.92 Å². The average molecular weight is 193 g/mol. The lowest BCUT2D eigenvalue weighted by atomic mass is 10.2. The number of aliphatic carboxylic acids is 1. The van der Waals surface area contributed by atoms with Gasteiger partial charge in [-0.1, -0.05) is 6.92 Å². The summed E-state index contributed by atoms with van der Waals surface area (Å²) in [6.07, 6.45) is 0.871. The Bertz CT molecular complexity index is 208. The van der Waals surface area contributed by atoms with Crippen molar-refractivity contribution in [3.63, 3.8) is 0 Å². The topological polar surface area (TPSA) is 40.5 Å². The molecular formula is C8H13F2NO2. The van der Waals surface area contributed by atoms with E-state index in [0.717, 1.165) is 6.42 Å². The van der Waals surface area contributed by atoms with E-state index >= 15 is 0 Å². The van der Waals surface area contributed by atoms with Gasteiger partial charge in [0.2, 0.25) is 0 Å². The summed E-state index contributed by atoms with van der Waals surface area (Å²) >= 11 is 0. The number of halogens is 2. The number of nitrogens with zero attached hydrogens (tertiary/aromatic N) is 1. The molecule has 0 radical (unpaired) electrons. The first-order valence-corrected chi connectivity index (χ1v) is 4.25. The molecule has 0 spiro atoms. The van der Waals surface area contributed by atoms with Crippen molar-refractivity contribution in [1.82, 2.24) is 4.90 Å². The second-order valence-corrected chi connectivity index (χ2v) is 3.64. The number of carboxylic acid groups (broad SMARTS) is 1. The normalized spacial score (nSPS) is 25.0. The molecule has 1 heterocycles. The minimum absolute atomic E-state index is 0.393. The Morgan fingerprint density at radius 3 is 2.69 bits per heavy atom. The van der Waals surface area contributed by atoms with Crippen LogP contribution in [-0.4, -0.2) is 41.5 Å². The Balaban J connectivity index is 2.44. The summed E-state index contributed by atoms with van der Waals surface area (Å²) in [6, 6.07) is 0. The van der Waals surface area contributed by atoms with Gasteiger partial charge in [0.05, 0.1) is 6.54 Å². The molecule has 0 aromatic carbocycles. The second kappa shape index (κ2) is 3.57. The van der Waals surface area contributed by atoms with E-state index in [1.165, 1.54) is 4.90 Å². The van der Waals surface area contributed by atoms with Crippen molar-refractivity contribution in [2.45, 2.75) is 19.3 Å². The number of carboxylic acids is 1. The highest BCUT2D eigenvalue weighted by molar-refractivity contribution is 5.75. The molecule has 0 aromatic heterocycles. The zero-order valence-electron chi connectivity index (χ0n) is 7.46. The number of rotatable bonds is 3. The van der Waals surface area contributed by atoms with E-state index in [9.17, 15) is 13.6 Å².